The Balaban J connectivity index is 2.29. The van der Waals surface area contributed by atoms with Crippen LogP contribution in [0.3, 0.4) is 0 Å². The molecule has 6 nitrogen and oxygen atoms in total. The number of anilines is 1. The van der Waals surface area contributed by atoms with Gasteiger partial charge in [0.05, 0.1) is 19.3 Å². The van der Waals surface area contributed by atoms with Crippen LogP contribution in [0.5, 0.6) is 5.75 Å². The first kappa shape index (κ1) is 20.8. The molecule has 0 bridgehead atoms. The molecule has 0 spiro atoms. The molecule has 1 aromatic heterocycles. The molecule has 146 valence electrons. The fraction of sp³-hybridized carbons (Fsp3) is 0.353. The zero-order valence-electron chi connectivity index (χ0n) is 14.9. The van der Waals surface area contributed by atoms with E-state index in [0.717, 1.165) is 6.07 Å². The van der Waals surface area contributed by atoms with Crippen molar-refractivity contribution in [2.24, 2.45) is 0 Å². The third-order valence-electron chi connectivity index (χ3n) is 3.47. The van der Waals surface area contributed by atoms with Crippen LogP contribution >= 0.6 is 11.8 Å². The van der Waals surface area contributed by atoms with Crippen LogP contribution in [0.4, 0.5) is 19.0 Å². The molecule has 0 amide bonds. The summed E-state index contributed by atoms with van der Waals surface area (Å²) in [5.41, 5.74) is -0.413. The maximum absolute atomic E-state index is 13.1. The Hall–Kier alpha value is -2.49. The lowest BCUT2D eigenvalue weighted by Gasteiger charge is -2.15. The third-order valence-corrected chi connectivity index (χ3v) is 4.04. The smallest absolute Gasteiger partial charge is 0.419 e. The molecule has 1 N–H and O–H groups in total. The number of carbonyl (C=O) groups excluding carboxylic acids is 1. The fourth-order valence-corrected chi connectivity index (χ4v) is 2.57. The second-order valence-electron chi connectivity index (χ2n) is 5.23. The molecule has 2 rings (SSSR count). The first-order valence-electron chi connectivity index (χ1n) is 7.86. The Morgan fingerprint density at radius 3 is 2.67 bits per heavy atom. The molecular formula is C17H18F3N3O3S. The lowest BCUT2D eigenvalue weighted by Crippen LogP contribution is -2.13. The highest BCUT2D eigenvalue weighted by molar-refractivity contribution is 7.98. The molecule has 2 aromatic rings. The number of aromatic nitrogens is 2. The lowest BCUT2D eigenvalue weighted by molar-refractivity contribution is -0.138. The van der Waals surface area contributed by atoms with Crippen molar-refractivity contribution in [3.05, 3.63) is 41.1 Å². The van der Waals surface area contributed by atoms with Gasteiger partial charge in [0.1, 0.15) is 17.1 Å². The number of rotatable bonds is 7. The number of methoxy groups -OCH3 is 1. The van der Waals surface area contributed by atoms with Crippen LogP contribution in [-0.4, -0.2) is 35.9 Å². The SMILES string of the molecule is CCOC(=O)c1cnc(SC)nc1NCc1ccc(OC)c(C(F)(F)F)c1. The van der Waals surface area contributed by atoms with Crippen LogP contribution in [-0.2, 0) is 17.5 Å². The topological polar surface area (TPSA) is 73.3 Å². The quantitative estimate of drug-likeness (QED) is 0.427. The van der Waals surface area contributed by atoms with Gasteiger partial charge in [-0.05, 0) is 30.9 Å². The predicted molar refractivity (Wildman–Crippen MR) is 95.1 cm³/mol. The summed E-state index contributed by atoms with van der Waals surface area (Å²) in [6, 6.07) is 3.74. The van der Waals surface area contributed by atoms with E-state index >= 15 is 0 Å². The van der Waals surface area contributed by atoms with E-state index in [1.54, 1.807) is 13.2 Å². The number of nitrogens with zero attached hydrogens (tertiary/aromatic N) is 2. The summed E-state index contributed by atoms with van der Waals surface area (Å²) >= 11 is 1.27. The molecule has 27 heavy (non-hydrogen) atoms. The van der Waals surface area contributed by atoms with E-state index in [2.05, 4.69) is 15.3 Å². The number of carbonyl (C=O) groups is 1. The second-order valence-corrected chi connectivity index (χ2v) is 6.00. The van der Waals surface area contributed by atoms with Crippen LogP contribution in [0.15, 0.2) is 29.6 Å². The number of hydrogen-bond donors (Lipinski definition) is 1. The zero-order chi connectivity index (χ0) is 20.0. The summed E-state index contributed by atoms with van der Waals surface area (Å²) in [7, 11) is 1.18. The Bertz CT molecular complexity index is 816. The molecule has 0 saturated heterocycles. The first-order chi connectivity index (χ1) is 12.8. The minimum atomic E-state index is -4.54. The van der Waals surface area contributed by atoms with Gasteiger partial charge in [0.2, 0.25) is 0 Å². The van der Waals surface area contributed by atoms with Gasteiger partial charge in [-0.25, -0.2) is 14.8 Å². The van der Waals surface area contributed by atoms with Gasteiger partial charge < -0.3 is 14.8 Å². The first-order valence-corrected chi connectivity index (χ1v) is 9.08. The van der Waals surface area contributed by atoms with Crippen molar-refractivity contribution in [1.82, 2.24) is 9.97 Å². The van der Waals surface area contributed by atoms with E-state index in [9.17, 15) is 18.0 Å². The molecule has 0 atom stereocenters. The fourth-order valence-electron chi connectivity index (χ4n) is 2.23. The highest BCUT2D eigenvalue weighted by atomic mass is 32.2. The van der Waals surface area contributed by atoms with Crippen LogP contribution in [0, 0.1) is 0 Å². The molecule has 0 aliphatic carbocycles. The van der Waals surface area contributed by atoms with Gasteiger partial charge >= 0.3 is 12.1 Å². The minimum Gasteiger partial charge on any atom is -0.496 e. The Labute approximate surface area is 158 Å². The highest BCUT2D eigenvalue weighted by Gasteiger charge is 2.34. The summed E-state index contributed by atoms with van der Waals surface area (Å²) in [4.78, 5) is 20.3. The van der Waals surface area contributed by atoms with E-state index in [1.165, 1.54) is 37.2 Å². The second kappa shape index (κ2) is 8.94. The Morgan fingerprint density at radius 2 is 2.07 bits per heavy atom. The highest BCUT2D eigenvalue weighted by Crippen LogP contribution is 2.36. The summed E-state index contributed by atoms with van der Waals surface area (Å²) in [6.07, 6.45) is -1.45. The van der Waals surface area contributed by atoms with Crippen molar-refractivity contribution in [2.45, 2.75) is 24.8 Å². The van der Waals surface area contributed by atoms with Gasteiger partial charge in [-0.3, -0.25) is 0 Å². The monoisotopic (exact) mass is 401 g/mol. The maximum atomic E-state index is 13.1. The summed E-state index contributed by atoms with van der Waals surface area (Å²) in [5, 5.41) is 3.30. The van der Waals surface area contributed by atoms with Crippen molar-refractivity contribution < 1.29 is 27.4 Å². The van der Waals surface area contributed by atoms with Crippen LogP contribution < -0.4 is 10.1 Å². The van der Waals surface area contributed by atoms with E-state index in [1.807, 2.05) is 0 Å². The van der Waals surface area contributed by atoms with Gasteiger partial charge in [-0.15, -0.1) is 0 Å². The molecule has 0 unspecified atom stereocenters. The van der Waals surface area contributed by atoms with Gasteiger partial charge in [-0.2, -0.15) is 13.2 Å². The van der Waals surface area contributed by atoms with Gasteiger partial charge in [0.15, 0.2) is 5.16 Å². The molecule has 0 aliphatic heterocycles. The zero-order valence-corrected chi connectivity index (χ0v) is 15.7. The van der Waals surface area contributed by atoms with E-state index < -0.39 is 17.7 Å². The molecule has 0 radical (unpaired) electrons. The van der Waals surface area contributed by atoms with Crippen LogP contribution in [0.25, 0.3) is 0 Å². The van der Waals surface area contributed by atoms with Crippen molar-refractivity contribution in [2.75, 3.05) is 25.3 Å². The molecule has 0 aliphatic rings. The normalized spacial score (nSPS) is 11.2. The van der Waals surface area contributed by atoms with Gasteiger partial charge in [0.25, 0.3) is 0 Å². The standard InChI is InChI=1S/C17H18F3N3O3S/c1-4-26-15(24)11-9-22-16(27-3)23-14(11)21-8-10-5-6-13(25-2)12(7-10)17(18,19)20/h5-7,9H,4,8H2,1-3H3,(H,21,22,23). The average molecular weight is 401 g/mol. The largest absolute Gasteiger partial charge is 0.496 e. The number of benzene rings is 1. The molecule has 10 heteroatoms. The van der Waals surface area contributed by atoms with Gasteiger partial charge in [0, 0.05) is 12.7 Å². The lowest BCUT2D eigenvalue weighted by atomic mass is 10.1. The van der Waals surface area contributed by atoms with E-state index in [-0.39, 0.29) is 30.3 Å². The Kier molecular flexibility index (Phi) is 6.89. The molecule has 1 heterocycles. The van der Waals surface area contributed by atoms with Crippen molar-refractivity contribution >= 4 is 23.5 Å². The predicted octanol–water partition coefficient (Wildman–Crippen LogP) is 4.01. The third kappa shape index (κ3) is 5.25. The number of hydrogen-bond acceptors (Lipinski definition) is 7. The molecule has 1 aromatic carbocycles. The number of esters is 1. The van der Waals surface area contributed by atoms with E-state index in [4.69, 9.17) is 9.47 Å². The molecule has 0 fully saturated rings. The van der Waals surface area contributed by atoms with Crippen molar-refractivity contribution in [3.63, 3.8) is 0 Å². The number of nitrogens with one attached hydrogen (secondary N) is 1. The molecular weight excluding hydrogens is 383 g/mol. The number of halogens is 3. The number of ether oxygens (including phenoxy) is 2. The summed E-state index contributed by atoms with van der Waals surface area (Å²) < 4.78 is 49.2. The molecule has 0 saturated carbocycles. The summed E-state index contributed by atoms with van der Waals surface area (Å²) in [6.45, 7) is 1.86. The summed E-state index contributed by atoms with van der Waals surface area (Å²) in [5.74, 6) is -0.680. The van der Waals surface area contributed by atoms with Crippen molar-refractivity contribution in [3.8, 4) is 5.75 Å². The number of thioether (sulfide) groups is 1. The maximum Gasteiger partial charge on any atom is 0.419 e. The van der Waals surface area contributed by atoms with Crippen LogP contribution in [0.2, 0.25) is 0 Å². The average Bonchev–Trinajstić information content (AvgIpc) is 2.65. The van der Waals surface area contributed by atoms with Gasteiger partial charge in [-0.1, -0.05) is 17.8 Å². The van der Waals surface area contributed by atoms with Crippen molar-refractivity contribution in [1.29, 1.82) is 0 Å². The Morgan fingerprint density at radius 1 is 1.33 bits per heavy atom. The van der Waals surface area contributed by atoms with E-state index in [0.29, 0.717) is 10.7 Å². The van der Waals surface area contributed by atoms with Crippen LogP contribution in [0.1, 0.15) is 28.4 Å². The minimum absolute atomic E-state index is 0.0182. The number of alkyl halides is 3.